The molecule has 0 fully saturated rings. The number of rotatable bonds is 10. The van der Waals surface area contributed by atoms with Crippen molar-refractivity contribution < 1.29 is 9.90 Å². The number of aromatic carboxylic acids is 1. The summed E-state index contributed by atoms with van der Waals surface area (Å²) in [5, 5.41) is 9.01. The summed E-state index contributed by atoms with van der Waals surface area (Å²) in [5.41, 5.74) is 1.83. The number of aromatic nitrogens is 1. The Hall–Kier alpha value is -1.82. The molecule has 0 aliphatic rings. The quantitative estimate of drug-likeness (QED) is 0.457. The number of unbranched alkanes of at least 4 members (excludes halogenated alkanes) is 6. The number of pyridine rings is 1. The molecule has 0 bridgehead atoms. The van der Waals surface area contributed by atoms with Crippen LogP contribution in [0, 0.1) is 17.8 Å². The number of carbonyl (C=O) groups is 1. The van der Waals surface area contributed by atoms with Crippen LogP contribution in [0.1, 0.15) is 93.8 Å². The Morgan fingerprint density at radius 2 is 1.71 bits per heavy atom. The average Bonchev–Trinajstić information content (AvgIpc) is 2.51. The molecule has 132 valence electrons. The van der Waals surface area contributed by atoms with Crippen molar-refractivity contribution in [2.24, 2.45) is 5.41 Å². The third kappa shape index (κ3) is 8.15. The van der Waals surface area contributed by atoms with Gasteiger partial charge in [0, 0.05) is 6.20 Å². The van der Waals surface area contributed by atoms with Crippen LogP contribution >= 0.6 is 0 Å². The van der Waals surface area contributed by atoms with E-state index in [9.17, 15) is 4.79 Å². The maximum Gasteiger partial charge on any atom is 0.355 e. The topological polar surface area (TPSA) is 50.2 Å². The minimum Gasteiger partial charge on any atom is -0.476 e. The second kappa shape index (κ2) is 10.1. The number of carboxylic acids is 1. The van der Waals surface area contributed by atoms with Crippen LogP contribution in [0.4, 0.5) is 0 Å². The molecule has 0 atom stereocenters. The zero-order valence-electron chi connectivity index (χ0n) is 15.4. The third-order valence-electron chi connectivity index (χ3n) is 4.19. The molecule has 0 amide bonds. The minimum atomic E-state index is -1.07. The van der Waals surface area contributed by atoms with E-state index in [0.717, 1.165) is 18.4 Å². The van der Waals surface area contributed by atoms with Crippen molar-refractivity contribution >= 4 is 5.97 Å². The Bertz CT molecular complexity index is 564. The zero-order valence-corrected chi connectivity index (χ0v) is 15.4. The first-order valence-electron chi connectivity index (χ1n) is 9.02. The Balaban J connectivity index is 2.18. The summed E-state index contributed by atoms with van der Waals surface area (Å²) in [6.45, 7) is 6.91. The lowest BCUT2D eigenvalue weighted by molar-refractivity contribution is 0.0690. The van der Waals surface area contributed by atoms with Crippen molar-refractivity contribution in [2.45, 2.75) is 78.6 Å². The molecule has 0 saturated heterocycles. The highest BCUT2D eigenvalue weighted by atomic mass is 16.4. The number of hydrogen-bond acceptors (Lipinski definition) is 2. The first-order valence-corrected chi connectivity index (χ1v) is 9.02. The van der Waals surface area contributed by atoms with Crippen LogP contribution in [0.5, 0.6) is 0 Å². The van der Waals surface area contributed by atoms with Crippen molar-refractivity contribution in [3.05, 3.63) is 29.1 Å². The maximum absolute atomic E-state index is 11.0. The van der Waals surface area contributed by atoms with Gasteiger partial charge in [0.25, 0.3) is 0 Å². The first-order chi connectivity index (χ1) is 11.3. The van der Waals surface area contributed by atoms with Crippen LogP contribution in [0.15, 0.2) is 12.3 Å². The molecule has 1 aromatic heterocycles. The lowest BCUT2D eigenvalue weighted by Gasteiger charge is -2.17. The Labute approximate surface area is 146 Å². The smallest absolute Gasteiger partial charge is 0.355 e. The van der Waals surface area contributed by atoms with E-state index in [2.05, 4.69) is 31.7 Å². The van der Waals surface area contributed by atoms with Crippen LogP contribution in [0.2, 0.25) is 0 Å². The highest BCUT2D eigenvalue weighted by Gasteiger charge is 2.11. The number of carboxylic acid groups (broad SMARTS) is 1. The van der Waals surface area contributed by atoms with Gasteiger partial charge in [0.05, 0.1) is 5.56 Å². The molecule has 1 aromatic rings. The Morgan fingerprint density at radius 3 is 2.25 bits per heavy atom. The SMILES string of the molecule is C#Cc1cc(CCCCCCCCCC(C)(C)C)cnc1C(=O)O. The van der Waals surface area contributed by atoms with Gasteiger partial charge >= 0.3 is 5.97 Å². The molecule has 0 aliphatic carbocycles. The molecular weight excluding hydrogens is 298 g/mol. The summed E-state index contributed by atoms with van der Waals surface area (Å²) >= 11 is 0. The lowest BCUT2D eigenvalue weighted by atomic mass is 9.89. The van der Waals surface area contributed by atoms with Gasteiger partial charge in [-0.25, -0.2) is 9.78 Å². The summed E-state index contributed by atoms with van der Waals surface area (Å²) in [6.07, 6.45) is 18.1. The summed E-state index contributed by atoms with van der Waals surface area (Å²) in [5.74, 6) is 1.35. The maximum atomic E-state index is 11.0. The van der Waals surface area contributed by atoms with Crippen molar-refractivity contribution in [3.8, 4) is 12.3 Å². The molecule has 1 rings (SSSR count). The summed E-state index contributed by atoms with van der Waals surface area (Å²) in [6, 6.07) is 1.78. The fourth-order valence-corrected chi connectivity index (χ4v) is 2.79. The van der Waals surface area contributed by atoms with Crippen molar-refractivity contribution in [3.63, 3.8) is 0 Å². The van der Waals surface area contributed by atoms with Gasteiger partial charge in [0.1, 0.15) is 0 Å². The van der Waals surface area contributed by atoms with Gasteiger partial charge in [-0.05, 0) is 36.3 Å². The molecule has 3 nitrogen and oxygen atoms in total. The van der Waals surface area contributed by atoms with Crippen molar-refractivity contribution in [1.29, 1.82) is 0 Å². The van der Waals surface area contributed by atoms with E-state index in [1.165, 1.54) is 44.9 Å². The molecule has 0 saturated carbocycles. The molecule has 24 heavy (non-hydrogen) atoms. The average molecular weight is 329 g/mol. The van der Waals surface area contributed by atoms with Gasteiger partial charge in [-0.2, -0.15) is 0 Å². The van der Waals surface area contributed by atoms with Crippen LogP contribution in [0.25, 0.3) is 0 Å². The van der Waals surface area contributed by atoms with Gasteiger partial charge < -0.3 is 5.11 Å². The molecule has 0 aliphatic heterocycles. The lowest BCUT2D eigenvalue weighted by Crippen LogP contribution is -2.04. The van der Waals surface area contributed by atoms with Crippen molar-refractivity contribution in [2.75, 3.05) is 0 Å². The minimum absolute atomic E-state index is 0.0310. The molecule has 0 spiro atoms. The van der Waals surface area contributed by atoms with E-state index in [4.69, 9.17) is 11.5 Å². The molecular formula is C21H31NO2. The molecule has 1 heterocycles. The Kier molecular flexibility index (Phi) is 8.54. The van der Waals surface area contributed by atoms with E-state index in [-0.39, 0.29) is 5.69 Å². The van der Waals surface area contributed by atoms with Crippen LogP contribution in [-0.4, -0.2) is 16.1 Å². The third-order valence-corrected chi connectivity index (χ3v) is 4.19. The summed E-state index contributed by atoms with van der Waals surface area (Å²) < 4.78 is 0. The fourth-order valence-electron chi connectivity index (χ4n) is 2.79. The summed E-state index contributed by atoms with van der Waals surface area (Å²) in [4.78, 5) is 15.0. The molecule has 0 unspecified atom stereocenters. The number of hydrogen-bond donors (Lipinski definition) is 1. The van der Waals surface area contributed by atoms with E-state index < -0.39 is 5.97 Å². The zero-order chi connectivity index (χ0) is 18.0. The van der Waals surface area contributed by atoms with E-state index in [1.807, 2.05) is 0 Å². The number of aryl methyl sites for hydroxylation is 1. The van der Waals surface area contributed by atoms with Crippen LogP contribution in [0.3, 0.4) is 0 Å². The largest absolute Gasteiger partial charge is 0.476 e. The Morgan fingerprint density at radius 1 is 1.12 bits per heavy atom. The normalized spacial score (nSPS) is 11.2. The standard InChI is InChI=1S/C21H31NO2/c1-5-18-15-17(16-22-19(18)20(23)24)13-11-9-7-6-8-10-12-14-21(2,3)4/h1,15-16H,6-14H2,2-4H3,(H,23,24). The van der Waals surface area contributed by atoms with Gasteiger partial charge in [-0.15, -0.1) is 6.42 Å². The van der Waals surface area contributed by atoms with E-state index in [0.29, 0.717) is 11.0 Å². The van der Waals surface area contributed by atoms with Gasteiger partial charge in [-0.3, -0.25) is 0 Å². The van der Waals surface area contributed by atoms with E-state index >= 15 is 0 Å². The second-order valence-corrected chi connectivity index (χ2v) is 7.72. The highest BCUT2D eigenvalue weighted by molar-refractivity contribution is 5.88. The highest BCUT2D eigenvalue weighted by Crippen LogP contribution is 2.22. The van der Waals surface area contributed by atoms with Gasteiger partial charge in [0.2, 0.25) is 0 Å². The van der Waals surface area contributed by atoms with Gasteiger partial charge in [0.15, 0.2) is 5.69 Å². The predicted octanol–water partition coefficient (Wildman–Crippen LogP) is 5.47. The molecule has 0 aromatic carbocycles. The fraction of sp³-hybridized carbons (Fsp3) is 0.619. The van der Waals surface area contributed by atoms with Gasteiger partial charge in [-0.1, -0.05) is 65.2 Å². The second-order valence-electron chi connectivity index (χ2n) is 7.72. The molecule has 1 N–H and O–H groups in total. The van der Waals surface area contributed by atoms with Crippen LogP contribution < -0.4 is 0 Å². The summed E-state index contributed by atoms with van der Waals surface area (Å²) in [7, 11) is 0. The molecule has 3 heteroatoms. The van der Waals surface area contributed by atoms with Crippen molar-refractivity contribution in [1.82, 2.24) is 4.98 Å². The van der Waals surface area contributed by atoms with E-state index in [1.54, 1.807) is 12.3 Å². The molecule has 0 radical (unpaired) electrons. The predicted molar refractivity (Wildman–Crippen MR) is 99.2 cm³/mol. The number of terminal acetylenes is 1. The van der Waals surface area contributed by atoms with Crippen LogP contribution in [-0.2, 0) is 6.42 Å². The monoisotopic (exact) mass is 329 g/mol. The number of nitrogens with zero attached hydrogens (tertiary/aromatic N) is 1. The first kappa shape index (κ1) is 20.2.